The van der Waals surface area contributed by atoms with E-state index >= 15 is 0 Å². The van der Waals surface area contributed by atoms with Crippen molar-refractivity contribution in [2.24, 2.45) is 0 Å². The molecule has 0 bridgehead atoms. The molecule has 108 valence electrons. The van der Waals surface area contributed by atoms with Crippen LogP contribution >= 0.6 is 11.6 Å². The quantitative estimate of drug-likeness (QED) is 0.843. The van der Waals surface area contributed by atoms with E-state index in [9.17, 15) is 5.11 Å². The Bertz CT molecular complexity index is 413. The molecule has 0 fully saturated rings. The van der Waals surface area contributed by atoms with Crippen LogP contribution in [0.3, 0.4) is 0 Å². The zero-order valence-electron chi connectivity index (χ0n) is 12.5. The molecular weight excluding hydrogens is 260 g/mol. The molecule has 2 N–H and O–H groups in total. The van der Waals surface area contributed by atoms with E-state index in [0.29, 0.717) is 12.6 Å². The highest BCUT2D eigenvalue weighted by Gasteiger charge is 2.17. The number of aliphatic hydroxyl groups is 1. The van der Waals surface area contributed by atoms with E-state index in [-0.39, 0.29) is 0 Å². The van der Waals surface area contributed by atoms with Gasteiger partial charge in [0, 0.05) is 26.2 Å². The zero-order valence-corrected chi connectivity index (χ0v) is 13.3. The van der Waals surface area contributed by atoms with Crippen LogP contribution < -0.4 is 10.2 Å². The average Bonchev–Trinajstić information content (AvgIpc) is 2.23. The number of likely N-dealkylation sites (N-methyl/N-ethyl adjacent to an activating group) is 1. The Hall–Kier alpha value is -0.770. The first-order valence-corrected chi connectivity index (χ1v) is 7.02. The van der Waals surface area contributed by atoms with Crippen molar-refractivity contribution in [1.82, 2.24) is 5.32 Å². The molecule has 0 aliphatic heterocycles. The van der Waals surface area contributed by atoms with Crippen LogP contribution in [0.4, 0.5) is 5.69 Å². The first-order valence-electron chi connectivity index (χ1n) is 6.64. The van der Waals surface area contributed by atoms with E-state index in [1.165, 1.54) is 5.56 Å². The lowest BCUT2D eigenvalue weighted by Gasteiger charge is -2.28. The molecule has 1 aromatic carbocycles. The van der Waals surface area contributed by atoms with Gasteiger partial charge in [-0.15, -0.1) is 0 Å². The van der Waals surface area contributed by atoms with E-state index in [4.69, 9.17) is 11.6 Å². The van der Waals surface area contributed by atoms with Gasteiger partial charge in [-0.1, -0.05) is 31.5 Å². The SMILES string of the molecule is CC(C)NCc1ccc(N(C)CC(C)(C)O)c(Cl)c1. The molecule has 0 aliphatic rings. The van der Waals surface area contributed by atoms with Crippen molar-refractivity contribution < 1.29 is 5.11 Å². The topological polar surface area (TPSA) is 35.5 Å². The summed E-state index contributed by atoms with van der Waals surface area (Å²) in [6, 6.07) is 6.51. The van der Waals surface area contributed by atoms with Gasteiger partial charge in [0.05, 0.1) is 16.3 Å². The van der Waals surface area contributed by atoms with E-state index in [0.717, 1.165) is 17.3 Å². The number of rotatable bonds is 6. The van der Waals surface area contributed by atoms with Gasteiger partial charge in [-0.25, -0.2) is 0 Å². The van der Waals surface area contributed by atoms with Crippen molar-refractivity contribution >= 4 is 17.3 Å². The molecule has 3 nitrogen and oxygen atoms in total. The van der Waals surface area contributed by atoms with Crippen molar-refractivity contribution in [3.8, 4) is 0 Å². The summed E-state index contributed by atoms with van der Waals surface area (Å²) in [6.45, 7) is 9.17. The normalized spacial score (nSPS) is 12.0. The van der Waals surface area contributed by atoms with Crippen LogP contribution in [0, 0.1) is 0 Å². The highest BCUT2D eigenvalue weighted by molar-refractivity contribution is 6.33. The number of hydrogen-bond acceptors (Lipinski definition) is 3. The summed E-state index contributed by atoms with van der Waals surface area (Å²) in [7, 11) is 1.94. The Morgan fingerprint density at radius 3 is 2.47 bits per heavy atom. The van der Waals surface area contributed by atoms with Gasteiger partial charge in [0.25, 0.3) is 0 Å². The Kier molecular flexibility index (Phi) is 5.65. The molecule has 0 radical (unpaired) electrons. The number of anilines is 1. The minimum Gasteiger partial charge on any atom is -0.389 e. The van der Waals surface area contributed by atoms with E-state index in [1.807, 2.05) is 24.1 Å². The van der Waals surface area contributed by atoms with Gasteiger partial charge < -0.3 is 15.3 Å². The van der Waals surface area contributed by atoms with Gasteiger partial charge in [0.2, 0.25) is 0 Å². The predicted octanol–water partition coefficient (Wildman–Crippen LogP) is 3.05. The molecule has 1 aromatic rings. The number of halogens is 1. The van der Waals surface area contributed by atoms with Crippen LogP contribution in [0.5, 0.6) is 0 Å². The lowest BCUT2D eigenvalue weighted by molar-refractivity contribution is 0.0886. The molecule has 0 atom stereocenters. The molecule has 4 heteroatoms. The van der Waals surface area contributed by atoms with Crippen LogP contribution in [0.15, 0.2) is 18.2 Å². The third kappa shape index (κ3) is 5.81. The monoisotopic (exact) mass is 284 g/mol. The second-order valence-corrected chi connectivity index (χ2v) is 6.40. The van der Waals surface area contributed by atoms with Crippen LogP contribution in [-0.4, -0.2) is 30.3 Å². The number of benzene rings is 1. The standard InChI is InChI=1S/C15H25ClN2O/c1-11(2)17-9-12-6-7-14(13(16)8-12)18(5)10-15(3,4)19/h6-8,11,17,19H,9-10H2,1-5H3. The van der Waals surface area contributed by atoms with E-state index < -0.39 is 5.60 Å². The lowest BCUT2D eigenvalue weighted by Crippen LogP contribution is -2.36. The number of nitrogens with zero attached hydrogens (tertiary/aromatic N) is 1. The van der Waals surface area contributed by atoms with Crippen LogP contribution in [-0.2, 0) is 6.54 Å². The zero-order chi connectivity index (χ0) is 14.6. The first kappa shape index (κ1) is 16.3. The Morgan fingerprint density at radius 1 is 1.37 bits per heavy atom. The third-order valence-electron chi connectivity index (χ3n) is 2.76. The summed E-state index contributed by atoms with van der Waals surface area (Å²) in [6.07, 6.45) is 0. The molecule has 0 unspecified atom stereocenters. The van der Waals surface area contributed by atoms with E-state index in [2.05, 4.69) is 25.2 Å². The largest absolute Gasteiger partial charge is 0.389 e. The van der Waals surface area contributed by atoms with Gasteiger partial charge in [-0.3, -0.25) is 0 Å². The Morgan fingerprint density at radius 2 is 2.00 bits per heavy atom. The minimum absolute atomic E-state index is 0.455. The van der Waals surface area contributed by atoms with Crippen LogP contribution in [0.2, 0.25) is 5.02 Å². The van der Waals surface area contributed by atoms with Gasteiger partial charge in [0.1, 0.15) is 0 Å². The van der Waals surface area contributed by atoms with Crippen molar-refractivity contribution in [2.75, 3.05) is 18.5 Å². The van der Waals surface area contributed by atoms with Gasteiger partial charge in [-0.2, -0.15) is 0 Å². The fourth-order valence-electron chi connectivity index (χ4n) is 1.96. The molecular formula is C15H25ClN2O. The summed E-state index contributed by atoms with van der Waals surface area (Å²) in [5.74, 6) is 0. The average molecular weight is 285 g/mol. The molecule has 0 saturated heterocycles. The Labute approximate surface area is 121 Å². The predicted molar refractivity (Wildman–Crippen MR) is 83.0 cm³/mol. The highest BCUT2D eigenvalue weighted by atomic mass is 35.5. The molecule has 0 heterocycles. The molecule has 19 heavy (non-hydrogen) atoms. The van der Waals surface area contributed by atoms with Crippen molar-refractivity contribution in [3.63, 3.8) is 0 Å². The van der Waals surface area contributed by atoms with Gasteiger partial charge in [0.15, 0.2) is 0 Å². The number of nitrogens with one attached hydrogen (secondary N) is 1. The summed E-state index contributed by atoms with van der Waals surface area (Å²) >= 11 is 6.32. The molecule has 0 aromatic heterocycles. The molecule has 0 aliphatic carbocycles. The fraction of sp³-hybridized carbons (Fsp3) is 0.600. The summed E-state index contributed by atoms with van der Waals surface area (Å²) in [5, 5.41) is 13.9. The smallest absolute Gasteiger partial charge is 0.0765 e. The van der Waals surface area contributed by atoms with Crippen molar-refractivity contribution in [3.05, 3.63) is 28.8 Å². The first-order chi connectivity index (χ1) is 8.69. The van der Waals surface area contributed by atoms with E-state index in [1.54, 1.807) is 13.8 Å². The van der Waals surface area contributed by atoms with Crippen LogP contribution in [0.1, 0.15) is 33.3 Å². The molecule has 1 rings (SSSR count). The van der Waals surface area contributed by atoms with Gasteiger partial charge >= 0.3 is 0 Å². The Balaban J connectivity index is 2.76. The van der Waals surface area contributed by atoms with Gasteiger partial charge in [-0.05, 0) is 31.5 Å². The minimum atomic E-state index is -0.740. The summed E-state index contributed by atoms with van der Waals surface area (Å²) < 4.78 is 0. The van der Waals surface area contributed by atoms with Crippen LogP contribution in [0.25, 0.3) is 0 Å². The lowest BCUT2D eigenvalue weighted by atomic mass is 10.1. The van der Waals surface area contributed by atoms with Crippen molar-refractivity contribution in [2.45, 2.75) is 45.9 Å². The molecule has 0 saturated carbocycles. The summed E-state index contributed by atoms with van der Waals surface area (Å²) in [5.41, 5.74) is 1.37. The van der Waals surface area contributed by atoms with Crippen molar-refractivity contribution in [1.29, 1.82) is 0 Å². The maximum absolute atomic E-state index is 9.85. The molecule has 0 spiro atoms. The maximum Gasteiger partial charge on any atom is 0.0765 e. The maximum atomic E-state index is 9.85. The second-order valence-electron chi connectivity index (χ2n) is 5.99. The fourth-order valence-corrected chi connectivity index (χ4v) is 2.30. The number of hydrogen-bond donors (Lipinski definition) is 2. The third-order valence-corrected chi connectivity index (χ3v) is 3.06. The summed E-state index contributed by atoms with van der Waals surface area (Å²) in [4.78, 5) is 1.97. The second kappa shape index (κ2) is 6.60. The molecule has 0 amide bonds. The highest BCUT2D eigenvalue weighted by Crippen LogP contribution is 2.27.